The Kier molecular flexibility index (Phi) is 9.44. The summed E-state index contributed by atoms with van der Waals surface area (Å²) in [5.74, 6) is -2.79. The van der Waals surface area contributed by atoms with E-state index in [0.29, 0.717) is 13.0 Å². The van der Waals surface area contributed by atoms with Gasteiger partial charge in [0.25, 0.3) is 5.78 Å². The van der Waals surface area contributed by atoms with Crippen molar-refractivity contribution < 1.29 is 33.4 Å². The van der Waals surface area contributed by atoms with Gasteiger partial charge in [0.05, 0.1) is 12.6 Å². The summed E-state index contributed by atoms with van der Waals surface area (Å²) < 4.78 is 10.2. The fourth-order valence-electron chi connectivity index (χ4n) is 5.21. The van der Waals surface area contributed by atoms with Gasteiger partial charge in [0, 0.05) is 6.54 Å². The average Bonchev–Trinajstić information content (AvgIpc) is 3.11. The molecule has 0 spiro atoms. The zero-order valence-electron chi connectivity index (χ0n) is 24.3. The fourth-order valence-corrected chi connectivity index (χ4v) is 5.21. The van der Waals surface area contributed by atoms with Crippen molar-refractivity contribution in [2.24, 2.45) is 22.7 Å². The van der Waals surface area contributed by atoms with E-state index in [1.54, 1.807) is 33.8 Å². The summed E-state index contributed by atoms with van der Waals surface area (Å²) in [6, 6.07) is -2.91. The van der Waals surface area contributed by atoms with Crippen molar-refractivity contribution in [1.82, 2.24) is 15.5 Å². The first-order valence-electron chi connectivity index (χ1n) is 13.3. The van der Waals surface area contributed by atoms with E-state index in [1.165, 1.54) is 4.90 Å². The second kappa shape index (κ2) is 11.5. The number of ether oxygens (including phenoxy) is 2. The van der Waals surface area contributed by atoms with Crippen molar-refractivity contribution in [3.8, 4) is 0 Å². The highest BCUT2D eigenvalue weighted by Crippen LogP contribution is 2.65. The lowest BCUT2D eigenvalue weighted by Crippen LogP contribution is -2.60. The first kappa shape index (κ1) is 31.3. The van der Waals surface area contributed by atoms with Crippen LogP contribution in [-0.4, -0.2) is 71.4 Å². The van der Waals surface area contributed by atoms with Crippen molar-refractivity contribution in [3.05, 3.63) is 12.7 Å². The number of ketones is 1. The number of fused-ring (bicyclic) bond motifs is 1. The number of Topliss-reactive ketones (excluding diaryl/α,β-unsaturated/α-hetero) is 1. The van der Waals surface area contributed by atoms with Gasteiger partial charge in [0.1, 0.15) is 17.7 Å². The number of piperidine rings is 1. The monoisotopic (exact) mass is 535 g/mol. The summed E-state index contributed by atoms with van der Waals surface area (Å²) in [5.41, 5.74) is -1.59. The number of hydrogen-bond acceptors (Lipinski definition) is 7. The first-order chi connectivity index (χ1) is 17.4. The van der Waals surface area contributed by atoms with Crippen LogP contribution < -0.4 is 10.6 Å². The van der Waals surface area contributed by atoms with Crippen LogP contribution in [0.25, 0.3) is 0 Å². The standard InChI is InChI=1S/C28H45N3O7/c1-11-13-14-17(20(32)24(35)37-12-2)29-22(33)19-18-16(28(18,9)10)15-31(19)23(34)21(26(3,4)5)30-25(36)38-27(6,7)8/h11,16-19,21H,1,12-15H2,2-10H3,(H,29,33)(H,30,36)/t16-,17?,18-,19-,21+/m0/s1. The minimum atomic E-state index is -1.10. The molecule has 5 atom stereocenters. The third-order valence-electron chi connectivity index (χ3n) is 7.30. The van der Waals surface area contributed by atoms with Crippen LogP contribution in [-0.2, 0) is 28.7 Å². The molecule has 10 nitrogen and oxygen atoms in total. The number of nitrogens with one attached hydrogen (secondary N) is 2. The van der Waals surface area contributed by atoms with Gasteiger partial charge >= 0.3 is 12.1 Å². The molecule has 0 aromatic rings. The lowest BCUT2D eigenvalue weighted by molar-refractivity contribution is -0.155. The Hall–Kier alpha value is -2.91. The maximum atomic E-state index is 13.9. The molecule has 3 amide bonds. The van der Waals surface area contributed by atoms with Crippen molar-refractivity contribution in [2.75, 3.05) is 13.2 Å². The minimum absolute atomic E-state index is 0.0361. The van der Waals surface area contributed by atoms with Crippen LogP contribution in [0.5, 0.6) is 0 Å². The average molecular weight is 536 g/mol. The number of carbonyl (C=O) groups excluding carboxylic acids is 5. The second-order valence-corrected chi connectivity index (χ2v) is 12.8. The molecule has 10 heteroatoms. The summed E-state index contributed by atoms with van der Waals surface area (Å²) in [4.78, 5) is 66.5. The SMILES string of the molecule is C=CCCC(NC(=O)[C@@H]1[C@@H]2[C@H](CN1C(=O)[C@@H](NC(=O)OC(C)(C)C)C(C)(C)C)C2(C)C)C(=O)C(=O)OCC. The number of amides is 3. The number of rotatable bonds is 10. The number of nitrogens with zero attached hydrogens (tertiary/aromatic N) is 1. The summed E-state index contributed by atoms with van der Waals surface area (Å²) in [7, 11) is 0. The largest absolute Gasteiger partial charge is 0.460 e. The molecule has 1 heterocycles. The molecule has 0 bridgehead atoms. The van der Waals surface area contributed by atoms with Gasteiger partial charge in [0.2, 0.25) is 11.8 Å². The molecule has 1 aliphatic carbocycles. The summed E-state index contributed by atoms with van der Waals surface area (Å²) in [5, 5.41) is 5.42. The van der Waals surface area contributed by atoms with E-state index in [4.69, 9.17) is 9.47 Å². The fraction of sp³-hybridized carbons (Fsp3) is 0.750. The number of alkyl carbamates (subject to hydrolysis) is 1. The molecule has 2 rings (SSSR count). The molecule has 0 aromatic heterocycles. The third-order valence-corrected chi connectivity index (χ3v) is 7.30. The number of allylic oxidation sites excluding steroid dienone is 1. The molecule has 2 aliphatic rings. The third kappa shape index (κ3) is 7.14. The maximum absolute atomic E-state index is 13.9. The lowest BCUT2D eigenvalue weighted by Gasteiger charge is -2.38. The molecule has 1 unspecified atom stereocenters. The Labute approximate surface area is 226 Å². The van der Waals surface area contributed by atoms with Gasteiger partial charge in [-0.2, -0.15) is 0 Å². The minimum Gasteiger partial charge on any atom is -0.460 e. The van der Waals surface area contributed by atoms with Crippen molar-refractivity contribution in [1.29, 1.82) is 0 Å². The van der Waals surface area contributed by atoms with E-state index >= 15 is 0 Å². The molecule has 0 aromatic carbocycles. The molecule has 0 radical (unpaired) electrons. The Bertz CT molecular complexity index is 960. The Morgan fingerprint density at radius 3 is 2.18 bits per heavy atom. The molecular formula is C28H45N3O7. The highest BCUT2D eigenvalue weighted by molar-refractivity contribution is 6.36. The zero-order chi connectivity index (χ0) is 29.2. The number of carbonyl (C=O) groups is 5. The van der Waals surface area contributed by atoms with Crippen molar-refractivity contribution >= 4 is 29.7 Å². The van der Waals surface area contributed by atoms with Gasteiger partial charge in [-0.05, 0) is 63.2 Å². The van der Waals surface area contributed by atoms with E-state index in [2.05, 4.69) is 17.2 Å². The van der Waals surface area contributed by atoms with Crippen LogP contribution in [0.3, 0.4) is 0 Å². The molecular weight excluding hydrogens is 490 g/mol. The topological polar surface area (TPSA) is 131 Å². The Balaban J connectivity index is 2.33. The molecule has 1 aliphatic heterocycles. The van der Waals surface area contributed by atoms with Crippen LogP contribution in [0.1, 0.15) is 75.2 Å². The van der Waals surface area contributed by atoms with Crippen LogP contribution >= 0.6 is 0 Å². The summed E-state index contributed by atoms with van der Waals surface area (Å²) >= 11 is 0. The first-order valence-corrected chi connectivity index (χ1v) is 13.3. The molecule has 2 fully saturated rings. The molecule has 38 heavy (non-hydrogen) atoms. The number of likely N-dealkylation sites (tertiary alicyclic amines) is 1. The van der Waals surface area contributed by atoms with Crippen LogP contribution in [0.15, 0.2) is 12.7 Å². The molecule has 214 valence electrons. The van der Waals surface area contributed by atoms with Gasteiger partial charge in [-0.15, -0.1) is 6.58 Å². The van der Waals surface area contributed by atoms with Crippen molar-refractivity contribution in [3.63, 3.8) is 0 Å². The number of hydrogen-bond donors (Lipinski definition) is 2. The second-order valence-electron chi connectivity index (χ2n) is 12.8. The van der Waals surface area contributed by atoms with Gasteiger partial charge < -0.3 is 25.0 Å². The van der Waals surface area contributed by atoms with E-state index in [-0.39, 0.29) is 30.3 Å². The van der Waals surface area contributed by atoms with E-state index in [1.807, 2.05) is 34.6 Å². The van der Waals surface area contributed by atoms with Gasteiger partial charge in [-0.1, -0.05) is 40.7 Å². The Morgan fingerprint density at radius 1 is 1.08 bits per heavy atom. The number of esters is 1. The zero-order valence-corrected chi connectivity index (χ0v) is 24.3. The lowest BCUT2D eigenvalue weighted by atomic mass is 9.85. The predicted octanol–water partition coefficient (Wildman–Crippen LogP) is 2.99. The quantitative estimate of drug-likeness (QED) is 0.250. The van der Waals surface area contributed by atoms with E-state index in [0.717, 1.165) is 0 Å². The van der Waals surface area contributed by atoms with E-state index in [9.17, 15) is 24.0 Å². The van der Waals surface area contributed by atoms with Crippen molar-refractivity contribution in [2.45, 2.75) is 98.9 Å². The summed E-state index contributed by atoms with van der Waals surface area (Å²) in [6.45, 7) is 20.4. The van der Waals surface area contributed by atoms with E-state index < -0.39 is 58.8 Å². The Morgan fingerprint density at radius 2 is 1.68 bits per heavy atom. The highest BCUT2D eigenvalue weighted by Gasteiger charge is 2.70. The smallest absolute Gasteiger partial charge is 0.408 e. The molecule has 2 N–H and O–H groups in total. The van der Waals surface area contributed by atoms with Gasteiger partial charge in [-0.3, -0.25) is 14.4 Å². The van der Waals surface area contributed by atoms with Gasteiger partial charge in [-0.25, -0.2) is 9.59 Å². The predicted molar refractivity (Wildman–Crippen MR) is 142 cm³/mol. The highest BCUT2D eigenvalue weighted by atomic mass is 16.6. The summed E-state index contributed by atoms with van der Waals surface area (Å²) in [6.07, 6.45) is 1.45. The van der Waals surface area contributed by atoms with Crippen LogP contribution in [0, 0.1) is 22.7 Å². The molecule has 1 saturated heterocycles. The van der Waals surface area contributed by atoms with Gasteiger partial charge in [0.15, 0.2) is 0 Å². The van der Waals surface area contributed by atoms with Crippen LogP contribution in [0.4, 0.5) is 4.79 Å². The van der Waals surface area contributed by atoms with Crippen LogP contribution in [0.2, 0.25) is 0 Å². The normalized spacial score (nSPS) is 23.4. The maximum Gasteiger partial charge on any atom is 0.408 e. The molecule has 1 saturated carbocycles.